The molecular weight excluding hydrogens is 404 g/mol. The molecule has 6 nitrogen and oxygen atoms in total. The third kappa shape index (κ3) is 4.11. The topological polar surface area (TPSA) is 86.7 Å². The van der Waals surface area contributed by atoms with E-state index in [9.17, 15) is 13.2 Å². The van der Waals surface area contributed by atoms with Crippen molar-refractivity contribution >= 4 is 31.8 Å². The molecule has 0 aliphatic carbocycles. The normalized spacial score (nSPS) is 11.9. The Morgan fingerprint density at radius 1 is 1.07 bits per heavy atom. The molecular formula is C23H22O6S. The Morgan fingerprint density at radius 3 is 2.57 bits per heavy atom. The zero-order valence-corrected chi connectivity index (χ0v) is 17.6. The second kappa shape index (κ2) is 7.99. The molecule has 0 aliphatic heterocycles. The van der Waals surface area contributed by atoms with Gasteiger partial charge in [-0.1, -0.05) is 30.3 Å². The van der Waals surface area contributed by atoms with Crippen LogP contribution in [0.1, 0.15) is 23.3 Å². The summed E-state index contributed by atoms with van der Waals surface area (Å²) < 4.78 is 40.9. The van der Waals surface area contributed by atoms with Crippen molar-refractivity contribution in [3.8, 4) is 5.75 Å². The molecule has 0 fully saturated rings. The lowest BCUT2D eigenvalue weighted by atomic mass is 10.0. The average Bonchev–Trinajstić information content (AvgIpc) is 3.16. The summed E-state index contributed by atoms with van der Waals surface area (Å²) in [5, 5.41) is 1.14. The lowest BCUT2D eigenvalue weighted by Crippen LogP contribution is -2.09. The van der Waals surface area contributed by atoms with Gasteiger partial charge in [0.15, 0.2) is 26.4 Å². The van der Waals surface area contributed by atoms with Gasteiger partial charge >= 0.3 is 0 Å². The molecule has 2 aromatic heterocycles. The van der Waals surface area contributed by atoms with E-state index >= 15 is 0 Å². The molecule has 0 aliphatic rings. The van der Waals surface area contributed by atoms with Crippen LogP contribution in [0, 0.1) is 6.92 Å². The highest BCUT2D eigenvalue weighted by Gasteiger charge is 2.21. The number of rotatable bonds is 7. The van der Waals surface area contributed by atoms with Gasteiger partial charge in [-0.3, -0.25) is 4.79 Å². The molecule has 156 valence electrons. The number of fused-ring (bicyclic) bond motifs is 2. The molecule has 30 heavy (non-hydrogen) atoms. The molecule has 0 radical (unpaired) electrons. The third-order valence-electron chi connectivity index (χ3n) is 4.96. The fraction of sp³-hybridized carbons (Fsp3) is 0.261. The number of sulfone groups is 1. The van der Waals surface area contributed by atoms with Crippen molar-refractivity contribution < 1.29 is 22.0 Å². The smallest absolute Gasteiger partial charge is 0.206 e. The van der Waals surface area contributed by atoms with Crippen LogP contribution in [0.5, 0.6) is 5.75 Å². The molecule has 0 saturated carbocycles. The van der Waals surface area contributed by atoms with E-state index in [1.54, 1.807) is 6.07 Å². The van der Waals surface area contributed by atoms with Crippen LogP contribution in [0.2, 0.25) is 0 Å². The molecule has 0 saturated heterocycles. The SMILES string of the molecule is Cc1c2ccoc2c(OCCCc2ccccc2)c2oc(CS(C)(=O)=O)cc(=O)c12. The summed E-state index contributed by atoms with van der Waals surface area (Å²) in [4.78, 5) is 12.8. The molecule has 4 aromatic rings. The lowest BCUT2D eigenvalue weighted by molar-refractivity contribution is 0.308. The van der Waals surface area contributed by atoms with Gasteiger partial charge in [-0.2, -0.15) is 0 Å². The maximum Gasteiger partial charge on any atom is 0.206 e. The van der Waals surface area contributed by atoms with Crippen molar-refractivity contribution in [1.29, 1.82) is 0 Å². The Kier molecular flexibility index (Phi) is 5.39. The Morgan fingerprint density at radius 2 is 1.83 bits per heavy atom. The first-order valence-corrected chi connectivity index (χ1v) is 11.7. The second-order valence-electron chi connectivity index (χ2n) is 7.41. The second-order valence-corrected chi connectivity index (χ2v) is 9.55. The first-order chi connectivity index (χ1) is 14.3. The highest BCUT2D eigenvalue weighted by Crippen LogP contribution is 2.38. The highest BCUT2D eigenvalue weighted by atomic mass is 32.2. The van der Waals surface area contributed by atoms with Crippen LogP contribution in [0.3, 0.4) is 0 Å². The molecule has 4 rings (SSSR count). The molecule has 0 N–H and O–H groups in total. The minimum Gasteiger partial charge on any atom is -0.486 e. The van der Waals surface area contributed by atoms with E-state index in [4.69, 9.17) is 13.6 Å². The van der Waals surface area contributed by atoms with E-state index in [0.717, 1.165) is 24.5 Å². The highest BCUT2D eigenvalue weighted by molar-refractivity contribution is 7.89. The van der Waals surface area contributed by atoms with Gasteiger partial charge < -0.3 is 13.6 Å². The molecule has 0 amide bonds. The quantitative estimate of drug-likeness (QED) is 0.407. The number of furan rings is 1. The first kappa shape index (κ1) is 20.2. The van der Waals surface area contributed by atoms with E-state index in [2.05, 4.69) is 12.1 Å². The fourth-order valence-corrected chi connectivity index (χ4v) is 4.29. The van der Waals surface area contributed by atoms with Gasteiger partial charge in [0.1, 0.15) is 11.5 Å². The summed E-state index contributed by atoms with van der Waals surface area (Å²) in [7, 11) is -3.37. The predicted octanol–water partition coefficient (Wildman–Crippen LogP) is 4.40. The molecule has 0 bridgehead atoms. The van der Waals surface area contributed by atoms with Crippen LogP contribution in [0.15, 0.2) is 62.4 Å². The van der Waals surface area contributed by atoms with Gasteiger partial charge in [0.2, 0.25) is 5.75 Å². The Labute approximate surface area is 174 Å². The van der Waals surface area contributed by atoms with Gasteiger partial charge in [-0.05, 0) is 37.0 Å². The summed E-state index contributed by atoms with van der Waals surface area (Å²) >= 11 is 0. The number of benzene rings is 2. The van der Waals surface area contributed by atoms with Gasteiger partial charge in [0.05, 0.1) is 18.3 Å². The fourth-order valence-electron chi connectivity index (χ4n) is 3.63. The van der Waals surface area contributed by atoms with Crippen LogP contribution in [0.4, 0.5) is 0 Å². The predicted molar refractivity (Wildman–Crippen MR) is 116 cm³/mol. The standard InChI is InChI=1S/C23H22O6S/c1-15-18-10-12-28-21(18)23(27-11-6-9-16-7-4-3-5-8-16)22-20(15)19(24)13-17(29-22)14-30(2,25)26/h3-5,7-8,10,12-13H,6,9,11,14H2,1-2H3. The van der Waals surface area contributed by atoms with Crippen molar-refractivity contribution in [1.82, 2.24) is 0 Å². The largest absolute Gasteiger partial charge is 0.486 e. The molecule has 7 heteroatoms. The number of aryl methyl sites for hydroxylation is 2. The average molecular weight is 426 g/mol. The van der Waals surface area contributed by atoms with Crippen LogP contribution < -0.4 is 10.2 Å². The van der Waals surface area contributed by atoms with E-state index < -0.39 is 9.84 Å². The van der Waals surface area contributed by atoms with E-state index in [1.807, 2.05) is 25.1 Å². The van der Waals surface area contributed by atoms with Crippen molar-refractivity contribution in [3.05, 3.63) is 75.8 Å². The minimum absolute atomic E-state index is 0.0782. The van der Waals surface area contributed by atoms with Gasteiger partial charge in [-0.25, -0.2) is 8.42 Å². The summed E-state index contributed by atoms with van der Waals surface area (Å²) in [6.45, 7) is 2.20. The van der Waals surface area contributed by atoms with Gasteiger partial charge in [0, 0.05) is 17.7 Å². The monoisotopic (exact) mass is 426 g/mol. The molecule has 0 unspecified atom stereocenters. The van der Waals surface area contributed by atoms with Crippen LogP contribution in [-0.4, -0.2) is 21.3 Å². The maximum absolute atomic E-state index is 12.8. The van der Waals surface area contributed by atoms with E-state index in [0.29, 0.717) is 28.9 Å². The zero-order valence-electron chi connectivity index (χ0n) is 16.8. The van der Waals surface area contributed by atoms with Crippen molar-refractivity contribution in [2.75, 3.05) is 12.9 Å². The molecule has 2 aromatic carbocycles. The number of hydrogen-bond donors (Lipinski definition) is 0. The van der Waals surface area contributed by atoms with E-state index in [-0.39, 0.29) is 22.5 Å². The molecule has 0 atom stereocenters. The van der Waals surface area contributed by atoms with Crippen molar-refractivity contribution in [2.45, 2.75) is 25.5 Å². The number of ether oxygens (including phenoxy) is 1. The molecule has 2 heterocycles. The number of hydrogen-bond acceptors (Lipinski definition) is 6. The zero-order chi connectivity index (χ0) is 21.3. The van der Waals surface area contributed by atoms with Gasteiger partial charge in [0.25, 0.3) is 0 Å². The van der Waals surface area contributed by atoms with E-state index in [1.165, 1.54) is 17.9 Å². The maximum atomic E-state index is 12.8. The summed E-state index contributed by atoms with van der Waals surface area (Å²) in [5.74, 6) is 0.0477. The third-order valence-corrected chi connectivity index (χ3v) is 5.77. The van der Waals surface area contributed by atoms with Crippen LogP contribution in [0.25, 0.3) is 21.9 Å². The Hall–Kier alpha value is -3.06. The van der Waals surface area contributed by atoms with Crippen LogP contribution in [-0.2, 0) is 22.0 Å². The van der Waals surface area contributed by atoms with Gasteiger partial charge in [-0.15, -0.1) is 0 Å². The molecule has 0 spiro atoms. The first-order valence-electron chi connectivity index (χ1n) is 9.64. The summed E-state index contributed by atoms with van der Waals surface area (Å²) in [5.41, 5.74) is 2.33. The summed E-state index contributed by atoms with van der Waals surface area (Å²) in [6.07, 6.45) is 4.23. The lowest BCUT2D eigenvalue weighted by Gasteiger charge is -2.12. The van der Waals surface area contributed by atoms with Crippen molar-refractivity contribution in [3.63, 3.8) is 0 Å². The summed E-state index contributed by atoms with van der Waals surface area (Å²) in [6, 6.07) is 13.1. The van der Waals surface area contributed by atoms with Crippen molar-refractivity contribution in [2.24, 2.45) is 0 Å². The Bertz CT molecular complexity index is 1360. The van der Waals surface area contributed by atoms with Crippen LogP contribution >= 0.6 is 0 Å². The minimum atomic E-state index is -3.37. The Balaban J connectivity index is 1.74.